The molecule has 1 saturated heterocycles. The van der Waals surface area contributed by atoms with Crippen molar-refractivity contribution in [3.05, 3.63) is 34.9 Å². The number of amides is 1. The van der Waals surface area contributed by atoms with Gasteiger partial charge in [0.1, 0.15) is 0 Å². The average Bonchev–Trinajstić information content (AvgIpc) is 2.47. The zero-order valence-corrected chi connectivity index (χ0v) is 14.3. The first-order valence-electron chi connectivity index (χ1n) is 7.59. The van der Waals surface area contributed by atoms with E-state index in [-0.39, 0.29) is 36.6 Å². The molecule has 0 saturated carbocycles. The van der Waals surface area contributed by atoms with Crippen LogP contribution in [0.25, 0.3) is 0 Å². The van der Waals surface area contributed by atoms with Crippen molar-refractivity contribution in [2.24, 2.45) is 0 Å². The predicted octanol–water partition coefficient (Wildman–Crippen LogP) is 2.51. The van der Waals surface area contributed by atoms with Gasteiger partial charge in [-0.3, -0.25) is 9.59 Å². The van der Waals surface area contributed by atoms with Crippen molar-refractivity contribution < 1.29 is 9.59 Å². The number of hydrogen-bond acceptors (Lipinski definition) is 3. The molecule has 0 spiro atoms. The van der Waals surface area contributed by atoms with Gasteiger partial charge in [0.15, 0.2) is 5.78 Å². The summed E-state index contributed by atoms with van der Waals surface area (Å²) in [5.74, 6) is 0.135. The summed E-state index contributed by atoms with van der Waals surface area (Å²) in [6, 6.07) is 5.93. The van der Waals surface area contributed by atoms with E-state index in [9.17, 15) is 9.59 Å². The molecule has 1 atom stereocenters. The second-order valence-electron chi connectivity index (χ2n) is 5.86. The lowest BCUT2D eigenvalue weighted by Gasteiger charge is -2.34. The molecule has 122 valence electrons. The van der Waals surface area contributed by atoms with Crippen molar-refractivity contribution in [2.75, 3.05) is 19.6 Å². The molecule has 22 heavy (non-hydrogen) atoms. The molecular formula is C17H25ClN2O2. The van der Waals surface area contributed by atoms with E-state index >= 15 is 0 Å². The van der Waals surface area contributed by atoms with E-state index in [0.717, 1.165) is 25.2 Å². The summed E-state index contributed by atoms with van der Waals surface area (Å²) in [5, 5.41) is 3.26. The second-order valence-corrected chi connectivity index (χ2v) is 5.86. The smallest absolute Gasteiger partial charge is 0.223 e. The summed E-state index contributed by atoms with van der Waals surface area (Å²) in [4.78, 5) is 26.3. The molecule has 5 heteroatoms. The van der Waals surface area contributed by atoms with Crippen LogP contribution in [0.15, 0.2) is 18.2 Å². The fourth-order valence-electron chi connectivity index (χ4n) is 2.63. The van der Waals surface area contributed by atoms with Gasteiger partial charge in [-0.25, -0.2) is 0 Å². The molecule has 1 aliphatic heterocycles. The first-order chi connectivity index (χ1) is 9.99. The molecule has 0 aliphatic carbocycles. The Bertz CT molecular complexity index is 545. The topological polar surface area (TPSA) is 49.4 Å². The summed E-state index contributed by atoms with van der Waals surface area (Å²) < 4.78 is 0. The van der Waals surface area contributed by atoms with Gasteiger partial charge < -0.3 is 10.2 Å². The van der Waals surface area contributed by atoms with Crippen LogP contribution in [0.1, 0.15) is 41.3 Å². The Morgan fingerprint density at radius 1 is 1.23 bits per heavy atom. The number of rotatable bonds is 4. The van der Waals surface area contributed by atoms with Crippen LogP contribution in [-0.4, -0.2) is 42.3 Å². The molecule has 1 aromatic carbocycles. The fraction of sp³-hybridized carbons (Fsp3) is 0.529. The third kappa shape index (κ3) is 4.55. The van der Waals surface area contributed by atoms with E-state index in [4.69, 9.17) is 0 Å². The average molecular weight is 325 g/mol. The second kappa shape index (κ2) is 8.30. The lowest BCUT2D eigenvalue weighted by Crippen LogP contribution is -2.52. The minimum atomic E-state index is 0. The molecule has 2 rings (SSSR count). The molecule has 0 aromatic heterocycles. The summed E-state index contributed by atoms with van der Waals surface area (Å²) in [6.45, 7) is 8.46. The zero-order chi connectivity index (χ0) is 15.4. The molecule has 1 aromatic rings. The highest BCUT2D eigenvalue weighted by Crippen LogP contribution is 2.14. The first-order valence-corrected chi connectivity index (χ1v) is 7.59. The number of aryl methyl sites for hydroxylation is 2. The van der Waals surface area contributed by atoms with E-state index in [1.165, 1.54) is 5.56 Å². The Kier molecular flexibility index (Phi) is 7.04. The number of nitrogens with one attached hydrogen (secondary N) is 1. The van der Waals surface area contributed by atoms with Crippen molar-refractivity contribution in [2.45, 2.75) is 39.7 Å². The molecule has 0 unspecified atom stereocenters. The number of piperazine rings is 1. The normalized spacial score (nSPS) is 17.8. The van der Waals surface area contributed by atoms with Gasteiger partial charge in [-0.15, -0.1) is 12.4 Å². The van der Waals surface area contributed by atoms with E-state index in [1.54, 1.807) is 0 Å². The van der Waals surface area contributed by atoms with Gasteiger partial charge in [0.25, 0.3) is 0 Å². The third-order valence-electron chi connectivity index (χ3n) is 4.22. The lowest BCUT2D eigenvalue weighted by molar-refractivity contribution is -0.133. The predicted molar refractivity (Wildman–Crippen MR) is 90.8 cm³/mol. The van der Waals surface area contributed by atoms with Gasteiger partial charge >= 0.3 is 0 Å². The maximum absolute atomic E-state index is 12.2. The highest BCUT2D eigenvalue weighted by molar-refractivity contribution is 5.98. The molecule has 1 amide bonds. The summed E-state index contributed by atoms with van der Waals surface area (Å²) in [5.41, 5.74) is 3.00. The largest absolute Gasteiger partial charge is 0.337 e. The Morgan fingerprint density at radius 2 is 1.95 bits per heavy atom. The van der Waals surface area contributed by atoms with Gasteiger partial charge in [-0.1, -0.05) is 12.1 Å². The monoisotopic (exact) mass is 324 g/mol. The Labute approximate surface area is 138 Å². The van der Waals surface area contributed by atoms with E-state index < -0.39 is 0 Å². The van der Waals surface area contributed by atoms with Crippen LogP contribution >= 0.6 is 12.4 Å². The van der Waals surface area contributed by atoms with Gasteiger partial charge in [-0.2, -0.15) is 0 Å². The van der Waals surface area contributed by atoms with Gasteiger partial charge in [-0.05, 0) is 38.0 Å². The van der Waals surface area contributed by atoms with Crippen LogP contribution in [0.2, 0.25) is 0 Å². The minimum absolute atomic E-state index is 0. The van der Waals surface area contributed by atoms with E-state index in [0.29, 0.717) is 12.0 Å². The minimum Gasteiger partial charge on any atom is -0.337 e. The molecule has 1 aliphatic rings. The van der Waals surface area contributed by atoms with Crippen LogP contribution in [-0.2, 0) is 4.79 Å². The summed E-state index contributed by atoms with van der Waals surface area (Å²) in [6.07, 6.45) is 0.591. The fourth-order valence-corrected chi connectivity index (χ4v) is 2.63. The number of carbonyl (C=O) groups is 2. The number of benzene rings is 1. The molecule has 4 nitrogen and oxygen atoms in total. The van der Waals surface area contributed by atoms with E-state index in [2.05, 4.69) is 5.32 Å². The number of ketones is 1. The molecule has 1 heterocycles. The SMILES string of the molecule is Cc1ccc(C(=O)CCC(=O)N2CCNC[C@@H]2C)cc1C.Cl. The Hall–Kier alpha value is -1.39. The van der Waals surface area contributed by atoms with Crippen LogP contribution in [0, 0.1) is 13.8 Å². The lowest BCUT2D eigenvalue weighted by atomic mass is 10.0. The van der Waals surface area contributed by atoms with Gasteiger partial charge in [0.2, 0.25) is 5.91 Å². The summed E-state index contributed by atoms with van der Waals surface area (Å²) >= 11 is 0. The van der Waals surface area contributed by atoms with Crippen molar-refractivity contribution in [1.29, 1.82) is 0 Å². The molecule has 1 fully saturated rings. The quantitative estimate of drug-likeness (QED) is 0.866. The van der Waals surface area contributed by atoms with Crippen LogP contribution in [0.5, 0.6) is 0 Å². The number of nitrogens with zero attached hydrogens (tertiary/aromatic N) is 1. The maximum atomic E-state index is 12.2. The number of hydrogen-bond donors (Lipinski definition) is 1. The van der Waals surface area contributed by atoms with Crippen LogP contribution in [0.3, 0.4) is 0 Å². The molecule has 0 bridgehead atoms. The van der Waals surface area contributed by atoms with Crippen molar-refractivity contribution in [1.82, 2.24) is 10.2 Å². The standard InChI is InChI=1S/C17H24N2O2.ClH/c1-12-4-5-15(10-13(12)2)16(20)6-7-17(21)19-9-8-18-11-14(19)3;/h4-5,10,14,18H,6-9,11H2,1-3H3;1H/t14-;/m0./s1. The number of halogens is 1. The maximum Gasteiger partial charge on any atom is 0.223 e. The Balaban J connectivity index is 0.00000242. The van der Waals surface area contributed by atoms with Crippen molar-refractivity contribution in [3.63, 3.8) is 0 Å². The Morgan fingerprint density at radius 3 is 2.59 bits per heavy atom. The molecule has 0 radical (unpaired) electrons. The van der Waals surface area contributed by atoms with E-state index in [1.807, 2.05) is 43.9 Å². The zero-order valence-electron chi connectivity index (χ0n) is 13.5. The van der Waals surface area contributed by atoms with Gasteiger partial charge in [0.05, 0.1) is 0 Å². The number of carbonyl (C=O) groups excluding carboxylic acids is 2. The van der Waals surface area contributed by atoms with Crippen LogP contribution < -0.4 is 5.32 Å². The number of Topliss-reactive ketones (excluding diaryl/α,β-unsaturated/α-hetero) is 1. The molecular weight excluding hydrogens is 300 g/mol. The first kappa shape index (κ1) is 18.7. The van der Waals surface area contributed by atoms with Crippen molar-refractivity contribution in [3.8, 4) is 0 Å². The van der Waals surface area contributed by atoms with Gasteiger partial charge in [0, 0.05) is 44.1 Å². The van der Waals surface area contributed by atoms with Crippen molar-refractivity contribution >= 4 is 24.1 Å². The molecule has 1 N–H and O–H groups in total. The summed E-state index contributed by atoms with van der Waals surface area (Å²) in [7, 11) is 0. The van der Waals surface area contributed by atoms with Crippen LogP contribution in [0.4, 0.5) is 0 Å². The highest BCUT2D eigenvalue weighted by atomic mass is 35.5. The third-order valence-corrected chi connectivity index (χ3v) is 4.22. The highest BCUT2D eigenvalue weighted by Gasteiger charge is 2.23.